The van der Waals surface area contributed by atoms with E-state index in [0.29, 0.717) is 12.4 Å². The van der Waals surface area contributed by atoms with E-state index < -0.39 is 15.9 Å². The SMILES string of the molecule is CCCOc1cccc(C(=O)NS(=O)(=O)c2cccc(C#N)c2)c1. The number of rotatable bonds is 6. The second-order valence-corrected chi connectivity index (χ2v) is 6.63. The molecule has 0 saturated heterocycles. The van der Waals surface area contributed by atoms with Crippen molar-refractivity contribution in [2.75, 3.05) is 6.61 Å². The van der Waals surface area contributed by atoms with Crippen LogP contribution in [0.4, 0.5) is 0 Å². The van der Waals surface area contributed by atoms with E-state index in [4.69, 9.17) is 10.00 Å². The Kier molecular flexibility index (Phi) is 5.55. The van der Waals surface area contributed by atoms with Crippen molar-refractivity contribution in [3.8, 4) is 11.8 Å². The summed E-state index contributed by atoms with van der Waals surface area (Å²) in [6.07, 6.45) is 0.819. The van der Waals surface area contributed by atoms with E-state index in [-0.39, 0.29) is 16.0 Å². The van der Waals surface area contributed by atoms with Crippen LogP contribution < -0.4 is 9.46 Å². The lowest BCUT2D eigenvalue weighted by Crippen LogP contribution is -2.30. The molecule has 1 amide bonds. The minimum atomic E-state index is -4.06. The lowest BCUT2D eigenvalue weighted by Gasteiger charge is -2.09. The van der Waals surface area contributed by atoms with Crippen LogP contribution in [0.15, 0.2) is 53.4 Å². The van der Waals surface area contributed by atoms with Crippen LogP contribution in [0, 0.1) is 11.3 Å². The molecule has 7 heteroatoms. The Morgan fingerprint density at radius 2 is 1.96 bits per heavy atom. The molecule has 0 saturated carbocycles. The molecular formula is C17H16N2O4S. The van der Waals surface area contributed by atoms with Crippen LogP contribution in [0.25, 0.3) is 0 Å². The summed E-state index contributed by atoms with van der Waals surface area (Å²) in [5.74, 6) is -0.271. The van der Waals surface area contributed by atoms with Crippen molar-refractivity contribution in [3.63, 3.8) is 0 Å². The first-order valence-electron chi connectivity index (χ1n) is 7.26. The number of carbonyl (C=O) groups excluding carboxylic acids is 1. The fourth-order valence-electron chi connectivity index (χ4n) is 1.92. The molecule has 0 aliphatic rings. The van der Waals surface area contributed by atoms with Crippen molar-refractivity contribution in [2.45, 2.75) is 18.2 Å². The summed E-state index contributed by atoms with van der Waals surface area (Å²) < 4.78 is 32.0. The number of hydrogen-bond acceptors (Lipinski definition) is 5. The predicted molar refractivity (Wildman–Crippen MR) is 88.0 cm³/mol. The average molecular weight is 344 g/mol. The van der Waals surface area contributed by atoms with E-state index in [1.807, 2.05) is 17.7 Å². The largest absolute Gasteiger partial charge is 0.494 e. The van der Waals surface area contributed by atoms with Gasteiger partial charge in [-0.25, -0.2) is 13.1 Å². The maximum absolute atomic E-state index is 12.3. The van der Waals surface area contributed by atoms with Gasteiger partial charge in [-0.05, 0) is 42.8 Å². The quantitative estimate of drug-likeness (QED) is 0.868. The Hall–Kier alpha value is -2.85. The fourth-order valence-corrected chi connectivity index (χ4v) is 2.94. The topological polar surface area (TPSA) is 96.3 Å². The minimum absolute atomic E-state index is 0.145. The van der Waals surface area contributed by atoms with E-state index in [1.54, 1.807) is 12.1 Å². The number of nitrogens with zero attached hydrogens (tertiary/aromatic N) is 1. The van der Waals surface area contributed by atoms with Gasteiger partial charge in [0.15, 0.2) is 0 Å². The number of hydrogen-bond donors (Lipinski definition) is 1. The van der Waals surface area contributed by atoms with Crippen LogP contribution in [0.1, 0.15) is 29.3 Å². The van der Waals surface area contributed by atoms with Gasteiger partial charge in [0, 0.05) is 5.56 Å². The average Bonchev–Trinajstić information content (AvgIpc) is 2.60. The number of amides is 1. The zero-order chi connectivity index (χ0) is 17.6. The number of sulfonamides is 1. The second kappa shape index (κ2) is 7.62. The van der Waals surface area contributed by atoms with Gasteiger partial charge < -0.3 is 4.74 Å². The van der Waals surface area contributed by atoms with Crippen molar-refractivity contribution >= 4 is 15.9 Å². The van der Waals surface area contributed by atoms with Crippen molar-refractivity contribution in [2.24, 2.45) is 0 Å². The normalized spacial score (nSPS) is 10.7. The number of nitriles is 1. The Morgan fingerprint density at radius 3 is 2.67 bits per heavy atom. The van der Waals surface area contributed by atoms with Gasteiger partial charge in [0.1, 0.15) is 5.75 Å². The zero-order valence-electron chi connectivity index (χ0n) is 13.0. The molecular weight excluding hydrogens is 328 g/mol. The third-order valence-electron chi connectivity index (χ3n) is 3.07. The van der Waals surface area contributed by atoms with Crippen LogP contribution in [0.2, 0.25) is 0 Å². The highest BCUT2D eigenvalue weighted by Crippen LogP contribution is 2.15. The third kappa shape index (κ3) is 4.33. The molecule has 2 rings (SSSR count). The summed E-state index contributed by atoms with van der Waals surface area (Å²) >= 11 is 0. The molecule has 2 aromatic rings. The summed E-state index contributed by atoms with van der Waals surface area (Å²) in [6, 6.07) is 13.6. The molecule has 0 heterocycles. The lowest BCUT2D eigenvalue weighted by molar-refractivity contribution is 0.0981. The van der Waals surface area contributed by atoms with Gasteiger partial charge in [-0.2, -0.15) is 5.26 Å². The first-order valence-corrected chi connectivity index (χ1v) is 8.75. The number of carbonyl (C=O) groups is 1. The highest BCUT2D eigenvalue weighted by atomic mass is 32.2. The first-order chi connectivity index (χ1) is 11.5. The van der Waals surface area contributed by atoms with Crippen molar-refractivity contribution in [3.05, 3.63) is 59.7 Å². The first kappa shape index (κ1) is 17.5. The molecule has 124 valence electrons. The van der Waals surface area contributed by atoms with Gasteiger partial charge in [-0.1, -0.05) is 19.1 Å². The summed E-state index contributed by atoms with van der Waals surface area (Å²) in [4.78, 5) is 12.1. The zero-order valence-corrected chi connectivity index (χ0v) is 13.8. The van der Waals surface area contributed by atoms with Crippen LogP contribution in [0.3, 0.4) is 0 Å². The van der Waals surface area contributed by atoms with E-state index >= 15 is 0 Å². The van der Waals surface area contributed by atoms with Crippen molar-refractivity contribution < 1.29 is 17.9 Å². The van der Waals surface area contributed by atoms with Crippen LogP contribution in [-0.4, -0.2) is 20.9 Å². The van der Waals surface area contributed by atoms with Gasteiger partial charge in [0.05, 0.1) is 23.1 Å². The molecule has 0 aliphatic carbocycles. The van der Waals surface area contributed by atoms with E-state index in [2.05, 4.69) is 0 Å². The van der Waals surface area contributed by atoms with Crippen LogP contribution >= 0.6 is 0 Å². The molecule has 0 spiro atoms. The molecule has 24 heavy (non-hydrogen) atoms. The number of nitrogens with one attached hydrogen (secondary N) is 1. The monoisotopic (exact) mass is 344 g/mol. The summed E-state index contributed by atoms with van der Waals surface area (Å²) in [5.41, 5.74) is 0.365. The number of benzene rings is 2. The third-order valence-corrected chi connectivity index (χ3v) is 4.40. The number of ether oxygens (including phenoxy) is 1. The van der Waals surface area contributed by atoms with Gasteiger partial charge in [0.25, 0.3) is 15.9 Å². The van der Waals surface area contributed by atoms with E-state index in [0.717, 1.165) is 6.42 Å². The molecule has 0 bridgehead atoms. The van der Waals surface area contributed by atoms with Gasteiger partial charge in [-0.15, -0.1) is 0 Å². The maximum atomic E-state index is 12.3. The smallest absolute Gasteiger partial charge is 0.265 e. The summed E-state index contributed by atoms with van der Waals surface area (Å²) in [6.45, 7) is 2.46. The second-order valence-electron chi connectivity index (χ2n) is 4.95. The van der Waals surface area contributed by atoms with E-state index in [9.17, 15) is 13.2 Å². The van der Waals surface area contributed by atoms with Gasteiger partial charge in [0.2, 0.25) is 0 Å². The van der Waals surface area contributed by atoms with E-state index in [1.165, 1.54) is 36.4 Å². The molecule has 0 unspecified atom stereocenters. The molecule has 0 aliphatic heterocycles. The molecule has 0 fully saturated rings. The molecule has 0 atom stereocenters. The standard InChI is InChI=1S/C17H16N2O4S/c1-2-9-23-15-7-4-6-14(11-15)17(20)19-24(21,22)16-8-3-5-13(10-16)12-18/h3-8,10-11H,2,9H2,1H3,(H,19,20). The Morgan fingerprint density at radius 1 is 1.21 bits per heavy atom. The molecule has 2 aromatic carbocycles. The molecule has 0 aromatic heterocycles. The summed E-state index contributed by atoms with van der Waals surface area (Å²) in [5, 5.41) is 8.84. The highest BCUT2D eigenvalue weighted by molar-refractivity contribution is 7.90. The molecule has 0 radical (unpaired) electrons. The van der Waals surface area contributed by atoms with Crippen LogP contribution in [0.5, 0.6) is 5.75 Å². The Labute approximate surface area is 140 Å². The highest BCUT2D eigenvalue weighted by Gasteiger charge is 2.19. The predicted octanol–water partition coefficient (Wildman–Crippen LogP) is 2.47. The van der Waals surface area contributed by atoms with Gasteiger partial charge in [-0.3, -0.25) is 4.79 Å². The van der Waals surface area contributed by atoms with Gasteiger partial charge >= 0.3 is 0 Å². The lowest BCUT2D eigenvalue weighted by atomic mass is 10.2. The fraction of sp³-hybridized carbons (Fsp3) is 0.176. The Balaban J connectivity index is 2.20. The van der Waals surface area contributed by atoms with Crippen molar-refractivity contribution in [1.29, 1.82) is 5.26 Å². The minimum Gasteiger partial charge on any atom is -0.494 e. The summed E-state index contributed by atoms with van der Waals surface area (Å²) in [7, 11) is -4.06. The van der Waals surface area contributed by atoms with Crippen molar-refractivity contribution in [1.82, 2.24) is 4.72 Å². The molecule has 6 nitrogen and oxygen atoms in total. The molecule has 1 N–H and O–H groups in total. The maximum Gasteiger partial charge on any atom is 0.265 e. The Bertz CT molecular complexity index is 885. The van der Waals surface area contributed by atoms with Crippen LogP contribution in [-0.2, 0) is 10.0 Å².